The second-order valence-electron chi connectivity index (χ2n) is 4.72. The third-order valence-electron chi connectivity index (χ3n) is 2.94. The van der Waals surface area contributed by atoms with E-state index in [-0.39, 0.29) is 24.0 Å². The van der Waals surface area contributed by atoms with Crippen LogP contribution in [0.15, 0.2) is 63.0 Å². The molecule has 0 aliphatic heterocycles. The molecule has 4 nitrogen and oxygen atoms in total. The average Bonchev–Trinajstić information content (AvgIpc) is 3.06. The lowest BCUT2D eigenvalue weighted by molar-refractivity contribution is 0.512. The molecular weight excluding hydrogens is 421 g/mol. The van der Waals surface area contributed by atoms with Gasteiger partial charge in [0.15, 0.2) is 5.96 Å². The molecule has 2 aromatic rings. The van der Waals surface area contributed by atoms with Gasteiger partial charge in [-0.3, -0.25) is 0 Å². The first kappa shape index (κ1) is 19.9. The number of nitrogens with zero attached hydrogens (tertiary/aromatic N) is 1. The van der Waals surface area contributed by atoms with Crippen molar-refractivity contribution < 1.29 is 4.42 Å². The van der Waals surface area contributed by atoms with Gasteiger partial charge < -0.3 is 15.1 Å². The molecule has 1 aromatic carbocycles. The molecule has 0 spiro atoms. The van der Waals surface area contributed by atoms with Gasteiger partial charge in [-0.05, 0) is 43.4 Å². The van der Waals surface area contributed by atoms with Gasteiger partial charge in [0.2, 0.25) is 0 Å². The molecule has 6 heteroatoms. The third-order valence-corrected chi connectivity index (χ3v) is 4.04. The Balaban J connectivity index is 0.00000264. The molecular formula is C17H24IN3OS. The fourth-order valence-corrected chi connectivity index (χ4v) is 2.76. The van der Waals surface area contributed by atoms with Crippen LogP contribution in [-0.2, 0) is 6.54 Å². The van der Waals surface area contributed by atoms with Gasteiger partial charge in [-0.2, -0.15) is 0 Å². The summed E-state index contributed by atoms with van der Waals surface area (Å²) in [6.07, 6.45) is 2.76. The van der Waals surface area contributed by atoms with Crippen LogP contribution in [0.4, 0.5) is 0 Å². The summed E-state index contributed by atoms with van der Waals surface area (Å²) in [4.78, 5) is 5.83. The lowest BCUT2D eigenvalue weighted by atomic mass is 10.4. The highest BCUT2D eigenvalue weighted by Gasteiger charge is 1.99. The predicted molar refractivity (Wildman–Crippen MR) is 109 cm³/mol. The summed E-state index contributed by atoms with van der Waals surface area (Å²) in [5, 5.41) is 6.60. The Morgan fingerprint density at radius 3 is 2.65 bits per heavy atom. The van der Waals surface area contributed by atoms with Crippen LogP contribution in [0.5, 0.6) is 0 Å². The van der Waals surface area contributed by atoms with Gasteiger partial charge in [0.05, 0.1) is 6.26 Å². The minimum Gasteiger partial charge on any atom is -0.467 e. The van der Waals surface area contributed by atoms with Gasteiger partial charge in [0, 0.05) is 18.0 Å². The summed E-state index contributed by atoms with van der Waals surface area (Å²) in [6, 6.07) is 14.3. The topological polar surface area (TPSA) is 49.6 Å². The molecule has 0 aliphatic rings. The minimum absolute atomic E-state index is 0. The number of rotatable bonds is 8. The molecule has 0 unspecified atom stereocenters. The average molecular weight is 445 g/mol. The van der Waals surface area contributed by atoms with Crippen LogP contribution in [0.2, 0.25) is 0 Å². The highest BCUT2D eigenvalue weighted by molar-refractivity contribution is 14.0. The van der Waals surface area contributed by atoms with Gasteiger partial charge >= 0.3 is 0 Å². The summed E-state index contributed by atoms with van der Waals surface area (Å²) >= 11 is 1.88. The normalized spacial score (nSPS) is 10.9. The summed E-state index contributed by atoms with van der Waals surface area (Å²) in [7, 11) is 0. The van der Waals surface area contributed by atoms with Crippen LogP contribution in [0.1, 0.15) is 19.1 Å². The van der Waals surface area contributed by atoms with Gasteiger partial charge in [0.1, 0.15) is 12.3 Å². The zero-order valence-electron chi connectivity index (χ0n) is 13.3. The number of benzene rings is 1. The number of hydrogen-bond donors (Lipinski definition) is 2. The molecule has 0 saturated carbocycles. The monoisotopic (exact) mass is 445 g/mol. The first-order valence-corrected chi connectivity index (χ1v) is 8.59. The first-order chi connectivity index (χ1) is 10.9. The third kappa shape index (κ3) is 8.31. The first-order valence-electron chi connectivity index (χ1n) is 7.61. The Kier molecular flexibility index (Phi) is 10.6. The Hall–Kier alpha value is -1.15. The van der Waals surface area contributed by atoms with Gasteiger partial charge in [0.25, 0.3) is 0 Å². The van der Waals surface area contributed by atoms with E-state index in [0.717, 1.165) is 37.0 Å². The molecule has 0 aliphatic carbocycles. The van der Waals surface area contributed by atoms with Crippen LogP contribution in [0.25, 0.3) is 0 Å². The lowest BCUT2D eigenvalue weighted by Crippen LogP contribution is -2.37. The van der Waals surface area contributed by atoms with E-state index in [4.69, 9.17) is 4.42 Å². The molecule has 0 bridgehead atoms. The lowest BCUT2D eigenvalue weighted by Gasteiger charge is -2.10. The fourth-order valence-electron chi connectivity index (χ4n) is 1.89. The van der Waals surface area contributed by atoms with E-state index in [2.05, 4.69) is 46.8 Å². The van der Waals surface area contributed by atoms with Crippen molar-refractivity contribution in [3.8, 4) is 0 Å². The summed E-state index contributed by atoms with van der Waals surface area (Å²) < 4.78 is 5.29. The van der Waals surface area contributed by atoms with Crippen molar-refractivity contribution in [3.63, 3.8) is 0 Å². The number of guanidine groups is 1. The van der Waals surface area contributed by atoms with Crippen molar-refractivity contribution >= 4 is 41.7 Å². The van der Waals surface area contributed by atoms with E-state index in [9.17, 15) is 0 Å². The van der Waals surface area contributed by atoms with Crippen LogP contribution >= 0.6 is 35.7 Å². The molecule has 2 rings (SSSR count). The molecule has 0 atom stereocenters. The highest BCUT2D eigenvalue weighted by Crippen LogP contribution is 2.17. The SMILES string of the molecule is CCNC(=NCc1ccco1)NCCCSc1ccccc1.I. The second-order valence-corrected chi connectivity index (χ2v) is 5.88. The van der Waals surface area contributed by atoms with E-state index in [1.165, 1.54) is 4.90 Å². The Bertz CT molecular complexity index is 546. The van der Waals surface area contributed by atoms with Crippen molar-refractivity contribution in [1.29, 1.82) is 0 Å². The Morgan fingerprint density at radius 2 is 1.96 bits per heavy atom. The van der Waals surface area contributed by atoms with Crippen molar-refractivity contribution in [2.24, 2.45) is 4.99 Å². The second kappa shape index (κ2) is 12.3. The molecule has 0 saturated heterocycles. The molecule has 0 fully saturated rings. The maximum Gasteiger partial charge on any atom is 0.191 e. The number of halogens is 1. The van der Waals surface area contributed by atoms with E-state index in [1.54, 1.807) is 6.26 Å². The number of furan rings is 1. The maximum atomic E-state index is 5.29. The van der Waals surface area contributed by atoms with Gasteiger partial charge in [-0.25, -0.2) is 4.99 Å². The van der Waals surface area contributed by atoms with Crippen molar-refractivity contribution in [2.45, 2.75) is 24.8 Å². The number of aliphatic imine (C=N–C) groups is 1. The maximum absolute atomic E-state index is 5.29. The Morgan fingerprint density at radius 1 is 1.13 bits per heavy atom. The number of hydrogen-bond acceptors (Lipinski definition) is 3. The van der Waals surface area contributed by atoms with Gasteiger partial charge in [-0.1, -0.05) is 18.2 Å². The van der Waals surface area contributed by atoms with E-state index < -0.39 is 0 Å². The number of thioether (sulfide) groups is 1. The van der Waals surface area contributed by atoms with Crippen LogP contribution in [0, 0.1) is 0 Å². The number of nitrogens with one attached hydrogen (secondary N) is 2. The zero-order valence-corrected chi connectivity index (χ0v) is 16.5. The molecule has 23 heavy (non-hydrogen) atoms. The summed E-state index contributed by atoms with van der Waals surface area (Å²) in [5.74, 6) is 2.80. The molecule has 0 radical (unpaired) electrons. The summed E-state index contributed by atoms with van der Waals surface area (Å²) in [5.41, 5.74) is 0. The minimum atomic E-state index is 0. The van der Waals surface area contributed by atoms with Crippen molar-refractivity contribution in [1.82, 2.24) is 10.6 Å². The largest absolute Gasteiger partial charge is 0.467 e. The molecule has 1 heterocycles. The van der Waals surface area contributed by atoms with Crippen LogP contribution < -0.4 is 10.6 Å². The van der Waals surface area contributed by atoms with Crippen LogP contribution in [0.3, 0.4) is 0 Å². The Labute approximate surface area is 159 Å². The fraction of sp³-hybridized carbons (Fsp3) is 0.353. The van der Waals surface area contributed by atoms with Crippen LogP contribution in [-0.4, -0.2) is 24.8 Å². The zero-order chi connectivity index (χ0) is 15.5. The quantitative estimate of drug-likeness (QED) is 0.211. The van der Waals surface area contributed by atoms with E-state index in [1.807, 2.05) is 30.0 Å². The molecule has 0 amide bonds. The van der Waals surface area contributed by atoms with Gasteiger partial charge in [-0.15, -0.1) is 35.7 Å². The van der Waals surface area contributed by atoms with Crippen molar-refractivity contribution in [3.05, 3.63) is 54.5 Å². The molecule has 2 N–H and O–H groups in total. The molecule has 1 aromatic heterocycles. The molecule has 126 valence electrons. The van der Waals surface area contributed by atoms with Crippen molar-refractivity contribution in [2.75, 3.05) is 18.8 Å². The van der Waals surface area contributed by atoms with E-state index >= 15 is 0 Å². The standard InChI is InChI=1S/C17H23N3OS.HI/c1-2-18-17(20-14-15-8-6-12-21-15)19-11-7-13-22-16-9-4-3-5-10-16;/h3-6,8-10,12H,2,7,11,13-14H2,1H3,(H2,18,19,20);1H. The smallest absolute Gasteiger partial charge is 0.191 e. The van der Waals surface area contributed by atoms with E-state index in [0.29, 0.717) is 6.54 Å². The summed E-state index contributed by atoms with van der Waals surface area (Å²) in [6.45, 7) is 4.38. The predicted octanol–water partition coefficient (Wildman–Crippen LogP) is 4.14. The highest BCUT2D eigenvalue weighted by atomic mass is 127.